The first kappa shape index (κ1) is 24.7. The van der Waals surface area contributed by atoms with Crippen LogP contribution in [-0.4, -0.2) is 20.4 Å². The average molecular weight is 551 g/mol. The van der Waals surface area contributed by atoms with Gasteiger partial charge in [-0.15, -0.1) is 0 Å². The predicted octanol–water partition coefficient (Wildman–Crippen LogP) is 5.77. The molecule has 4 aromatic carbocycles. The minimum atomic E-state index is -3.96. The molecule has 0 aliphatic carbocycles. The number of benzene rings is 4. The highest BCUT2D eigenvalue weighted by Gasteiger charge is 2.27. The number of anilines is 1. The number of nitrogens with one attached hydrogen (secondary N) is 2. The van der Waals surface area contributed by atoms with Gasteiger partial charge in [0.15, 0.2) is 5.75 Å². The normalized spacial score (nSPS) is 12.0. The van der Waals surface area contributed by atoms with E-state index in [0.29, 0.717) is 17.2 Å². The van der Waals surface area contributed by atoms with Gasteiger partial charge in [-0.25, -0.2) is 8.42 Å². The van der Waals surface area contributed by atoms with Crippen molar-refractivity contribution in [2.75, 3.05) is 5.32 Å². The van der Waals surface area contributed by atoms with E-state index in [0.717, 1.165) is 10.0 Å². The van der Waals surface area contributed by atoms with Gasteiger partial charge >= 0.3 is 0 Å². The summed E-state index contributed by atoms with van der Waals surface area (Å²) in [5.74, 6) is 0.561. The van der Waals surface area contributed by atoms with Gasteiger partial charge in [0, 0.05) is 4.47 Å². The van der Waals surface area contributed by atoms with E-state index in [-0.39, 0.29) is 11.3 Å². The topological polar surface area (TPSA) is 84.5 Å². The molecule has 0 radical (unpaired) electrons. The molecule has 1 atom stereocenters. The van der Waals surface area contributed by atoms with Crippen molar-refractivity contribution in [2.45, 2.75) is 17.4 Å². The van der Waals surface area contributed by atoms with E-state index in [9.17, 15) is 13.2 Å². The van der Waals surface area contributed by atoms with Crippen LogP contribution in [-0.2, 0) is 21.2 Å². The number of rotatable bonds is 9. The van der Waals surface area contributed by atoms with Crippen molar-refractivity contribution in [1.82, 2.24) is 4.72 Å². The van der Waals surface area contributed by atoms with Crippen molar-refractivity contribution >= 4 is 37.5 Å². The molecule has 0 aromatic heterocycles. The summed E-state index contributed by atoms with van der Waals surface area (Å²) < 4.78 is 35.4. The van der Waals surface area contributed by atoms with Crippen molar-refractivity contribution in [3.63, 3.8) is 0 Å². The van der Waals surface area contributed by atoms with Gasteiger partial charge in [0.25, 0.3) is 0 Å². The Morgan fingerprint density at radius 3 is 2.09 bits per heavy atom. The standard InChI is InChI=1S/C27H23BrN2O4S/c28-21-15-17-23(18-16-21)35(32,33)30-25(19-20-9-3-1-4-10-20)27(31)29-24-13-7-8-14-26(24)34-22-11-5-2-6-12-22/h1-18,25,30H,19H2,(H,29,31)/t25-/m0/s1. The molecule has 0 saturated heterocycles. The summed E-state index contributed by atoms with van der Waals surface area (Å²) in [6.07, 6.45) is 0.171. The van der Waals surface area contributed by atoms with Gasteiger partial charge in [0.1, 0.15) is 11.8 Å². The Kier molecular flexibility index (Phi) is 7.97. The first-order valence-corrected chi connectivity index (χ1v) is 13.1. The van der Waals surface area contributed by atoms with Crippen LogP contribution >= 0.6 is 15.9 Å². The number of carbonyl (C=O) groups is 1. The van der Waals surface area contributed by atoms with Gasteiger partial charge in [-0.05, 0) is 60.5 Å². The Bertz CT molecular complexity index is 1380. The van der Waals surface area contributed by atoms with Crippen molar-refractivity contribution in [2.24, 2.45) is 0 Å². The number of hydrogen-bond acceptors (Lipinski definition) is 4. The van der Waals surface area contributed by atoms with Crippen LogP contribution in [0.2, 0.25) is 0 Å². The molecule has 4 rings (SSSR count). The Balaban J connectivity index is 1.59. The molecule has 0 aliphatic heterocycles. The Hall–Kier alpha value is -3.46. The monoisotopic (exact) mass is 550 g/mol. The van der Waals surface area contributed by atoms with Gasteiger partial charge in [-0.2, -0.15) is 4.72 Å². The van der Waals surface area contributed by atoms with Crippen molar-refractivity contribution in [3.8, 4) is 11.5 Å². The molecule has 35 heavy (non-hydrogen) atoms. The van der Waals surface area contributed by atoms with Crippen molar-refractivity contribution in [3.05, 3.63) is 119 Å². The van der Waals surface area contributed by atoms with Crippen LogP contribution in [0, 0.1) is 0 Å². The van der Waals surface area contributed by atoms with E-state index in [1.165, 1.54) is 12.1 Å². The lowest BCUT2D eigenvalue weighted by molar-refractivity contribution is -0.117. The molecule has 0 aliphatic rings. The summed E-state index contributed by atoms with van der Waals surface area (Å²) in [6.45, 7) is 0. The molecule has 0 fully saturated rings. The number of hydrogen-bond donors (Lipinski definition) is 2. The molecule has 0 saturated carbocycles. The zero-order valence-corrected chi connectivity index (χ0v) is 21.0. The molecule has 178 valence electrons. The second-order valence-electron chi connectivity index (χ2n) is 7.72. The highest BCUT2D eigenvalue weighted by Crippen LogP contribution is 2.29. The third-order valence-corrected chi connectivity index (χ3v) is 7.15. The van der Waals surface area contributed by atoms with Crippen LogP contribution in [0.4, 0.5) is 5.69 Å². The summed E-state index contributed by atoms with van der Waals surface area (Å²) in [5, 5.41) is 2.84. The molecule has 2 N–H and O–H groups in total. The smallest absolute Gasteiger partial charge is 0.243 e. The van der Waals surface area contributed by atoms with Crippen LogP contribution in [0.25, 0.3) is 0 Å². The third kappa shape index (κ3) is 6.79. The van der Waals surface area contributed by atoms with E-state index >= 15 is 0 Å². The third-order valence-electron chi connectivity index (χ3n) is 5.14. The van der Waals surface area contributed by atoms with E-state index < -0.39 is 22.0 Å². The highest BCUT2D eigenvalue weighted by atomic mass is 79.9. The fraction of sp³-hybridized carbons (Fsp3) is 0.0741. The predicted molar refractivity (Wildman–Crippen MR) is 140 cm³/mol. The largest absolute Gasteiger partial charge is 0.455 e. The van der Waals surface area contributed by atoms with Gasteiger partial charge < -0.3 is 10.1 Å². The molecule has 0 spiro atoms. The minimum Gasteiger partial charge on any atom is -0.455 e. The Morgan fingerprint density at radius 2 is 1.40 bits per heavy atom. The number of ether oxygens (including phenoxy) is 1. The Morgan fingerprint density at radius 1 is 0.800 bits per heavy atom. The van der Waals surface area contributed by atoms with Gasteiger partial charge in [-0.1, -0.05) is 76.6 Å². The summed E-state index contributed by atoms with van der Waals surface area (Å²) in [4.78, 5) is 13.5. The van der Waals surface area contributed by atoms with Crippen LogP contribution in [0.5, 0.6) is 11.5 Å². The van der Waals surface area contributed by atoms with E-state index in [1.54, 1.807) is 36.4 Å². The summed E-state index contributed by atoms with van der Waals surface area (Å²) >= 11 is 3.31. The fourth-order valence-corrected chi connectivity index (χ4v) is 4.86. The van der Waals surface area contributed by atoms with Gasteiger partial charge in [0.2, 0.25) is 15.9 Å². The van der Waals surface area contributed by atoms with Gasteiger partial charge in [-0.3, -0.25) is 4.79 Å². The van der Waals surface area contributed by atoms with E-state index in [2.05, 4.69) is 26.0 Å². The molecule has 0 unspecified atom stereocenters. The first-order chi connectivity index (χ1) is 16.9. The molecule has 8 heteroatoms. The van der Waals surface area contributed by atoms with Crippen LogP contribution in [0.3, 0.4) is 0 Å². The lowest BCUT2D eigenvalue weighted by Gasteiger charge is -2.20. The number of para-hydroxylation sites is 3. The summed E-state index contributed by atoms with van der Waals surface area (Å²) in [7, 11) is -3.96. The number of amides is 1. The van der Waals surface area contributed by atoms with Gasteiger partial charge in [0.05, 0.1) is 10.6 Å². The zero-order chi connectivity index (χ0) is 24.7. The molecule has 6 nitrogen and oxygen atoms in total. The maximum Gasteiger partial charge on any atom is 0.243 e. The molecule has 1 amide bonds. The summed E-state index contributed by atoms with van der Waals surface area (Å²) in [5.41, 5.74) is 1.25. The van der Waals surface area contributed by atoms with Crippen LogP contribution < -0.4 is 14.8 Å². The van der Waals surface area contributed by atoms with Crippen LogP contribution in [0.15, 0.2) is 119 Å². The number of carbonyl (C=O) groups excluding carboxylic acids is 1. The molecule has 0 bridgehead atoms. The lowest BCUT2D eigenvalue weighted by atomic mass is 10.1. The number of halogens is 1. The van der Waals surface area contributed by atoms with Crippen LogP contribution in [0.1, 0.15) is 5.56 Å². The zero-order valence-electron chi connectivity index (χ0n) is 18.6. The lowest BCUT2D eigenvalue weighted by Crippen LogP contribution is -2.45. The molecular weight excluding hydrogens is 528 g/mol. The first-order valence-electron chi connectivity index (χ1n) is 10.9. The quantitative estimate of drug-likeness (QED) is 0.277. The fourth-order valence-electron chi connectivity index (χ4n) is 3.40. The SMILES string of the molecule is O=C(Nc1ccccc1Oc1ccccc1)[C@H](Cc1ccccc1)NS(=O)(=O)c1ccc(Br)cc1. The molecular formula is C27H23BrN2O4S. The molecule has 0 heterocycles. The molecule has 4 aromatic rings. The van der Waals surface area contributed by atoms with E-state index in [1.807, 2.05) is 60.7 Å². The second kappa shape index (κ2) is 11.3. The number of sulfonamides is 1. The maximum absolute atomic E-state index is 13.4. The second-order valence-corrected chi connectivity index (χ2v) is 10.3. The minimum absolute atomic E-state index is 0.0689. The van der Waals surface area contributed by atoms with Crippen molar-refractivity contribution in [1.29, 1.82) is 0 Å². The average Bonchev–Trinajstić information content (AvgIpc) is 2.86. The Labute approximate surface area is 213 Å². The maximum atomic E-state index is 13.4. The summed E-state index contributed by atoms with van der Waals surface area (Å²) in [6, 6.07) is 30.6. The van der Waals surface area contributed by atoms with Crippen molar-refractivity contribution < 1.29 is 17.9 Å². The highest BCUT2D eigenvalue weighted by molar-refractivity contribution is 9.10. The van der Waals surface area contributed by atoms with E-state index in [4.69, 9.17) is 4.74 Å².